The van der Waals surface area contributed by atoms with Gasteiger partial charge in [0, 0.05) is 0 Å². The molecule has 0 atom stereocenters. The van der Waals surface area contributed by atoms with E-state index in [4.69, 9.17) is 18.1 Å². The molecule has 0 radical (unpaired) electrons. The number of rotatable bonds is 25. The molecule has 41 heavy (non-hydrogen) atoms. The van der Waals surface area contributed by atoms with Crippen LogP contribution in [0.15, 0.2) is 60.7 Å². The Hall–Kier alpha value is -1.26. The van der Waals surface area contributed by atoms with E-state index in [1.165, 1.54) is 51.4 Å². The fourth-order valence-corrected chi connectivity index (χ4v) is 10.4. The molecule has 0 spiro atoms. The van der Waals surface area contributed by atoms with Gasteiger partial charge in [0.05, 0.1) is 0 Å². The average molecular weight is 613 g/mol. The van der Waals surface area contributed by atoms with Crippen molar-refractivity contribution >= 4 is 15.3 Å². The summed E-state index contributed by atoms with van der Waals surface area (Å²) < 4.78 is 24.8. The molecule has 2 rings (SSSR count). The minimum absolute atomic E-state index is 0.235. The van der Waals surface area contributed by atoms with Crippen LogP contribution in [0.5, 0.6) is 11.5 Å². The van der Waals surface area contributed by atoms with Crippen molar-refractivity contribution in [1.29, 1.82) is 0 Å². The van der Waals surface area contributed by atoms with Crippen molar-refractivity contribution in [2.24, 2.45) is 5.92 Å². The fraction of sp³-hybridized carbons (Fsp3) is 0.636. The molecule has 2 aromatic rings. The van der Waals surface area contributed by atoms with Crippen LogP contribution in [0.1, 0.15) is 117 Å². The second-order valence-corrected chi connectivity index (χ2v) is 18.6. The quantitative estimate of drug-likeness (QED) is 0.0858. The summed E-state index contributed by atoms with van der Waals surface area (Å²) in [6.07, 6.45) is 17.4. The van der Waals surface area contributed by atoms with Gasteiger partial charge in [0.15, 0.2) is 0 Å². The van der Waals surface area contributed by atoms with Crippen LogP contribution in [0, 0.1) is 5.92 Å². The van der Waals surface area contributed by atoms with Gasteiger partial charge in [0.25, 0.3) is 0 Å². The van der Waals surface area contributed by atoms with E-state index in [-0.39, 0.29) is 6.61 Å². The number of unbranched alkanes of at least 4 members (excludes halogenated alkanes) is 12. The van der Waals surface area contributed by atoms with Crippen molar-refractivity contribution in [3.8, 4) is 11.5 Å². The van der Waals surface area contributed by atoms with Crippen molar-refractivity contribution in [2.75, 3.05) is 13.2 Å². The van der Waals surface area contributed by atoms with Crippen molar-refractivity contribution < 1.29 is 27.9 Å². The minimum atomic E-state index is -4.56. The summed E-state index contributed by atoms with van der Waals surface area (Å²) in [5, 5.41) is 0. The normalized spacial score (nSPS) is 12.9. The summed E-state index contributed by atoms with van der Waals surface area (Å²) >= 11 is 0. The van der Waals surface area contributed by atoms with Gasteiger partial charge in [-0.1, -0.05) is 13.3 Å². The predicted molar refractivity (Wildman–Crippen MR) is 177 cm³/mol. The summed E-state index contributed by atoms with van der Waals surface area (Å²) in [5.74, 6) is 1.59. The summed E-state index contributed by atoms with van der Waals surface area (Å²) in [5.41, 5.74) is 0. The first-order valence-electron chi connectivity index (χ1n) is 16.1. The molecule has 0 saturated carbocycles. The molecule has 0 aliphatic heterocycles. The van der Waals surface area contributed by atoms with Crippen LogP contribution >= 0.6 is 15.3 Å². The molecule has 2 N–H and O–H groups in total. The molecule has 236 valence electrons. The third kappa shape index (κ3) is 15.2. The maximum atomic E-state index is 11.5. The van der Waals surface area contributed by atoms with Crippen LogP contribution in [0.3, 0.4) is 0 Å². The number of benzene rings is 2. The monoisotopic (exact) mass is 612 g/mol. The van der Waals surface area contributed by atoms with Gasteiger partial charge in [0.1, 0.15) is 0 Å². The van der Waals surface area contributed by atoms with Crippen molar-refractivity contribution in [3.05, 3.63) is 60.7 Å². The topological polar surface area (TPSA) is 77.4 Å². The molecule has 0 bridgehead atoms. The van der Waals surface area contributed by atoms with E-state index < -0.39 is 15.3 Å². The van der Waals surface area contributed by atoms with E-state index in [0.717, 1.165) is 44.9 Å². The van der Waals surface area contributed by atoms with E-state index in [1.54, 1.807) is 24.3 Å². The summed E-state index contributed by atoms with van der Waals surface area (Å²) in [4.78, 5) is 23.1. The summed E-state index contributed by atoms with van der Waals surface area (Å²) in [6, 6.07) is 18.2. The first-order chi connectivity index (χ1) is 19.9. The number of hydrogen-bond donors (Lipinski definition) is 2. The molecule has 6 nitrogen and oxygen atoms in total. The van der Waals surface area contributed by atoms with E-state index in [2.05, 4.69) is 20.8 Å². The van der Waals surface area contributed by atoms with E-state index in [1.807, 2.05) is 36.4 Å². The Morgan fingerprint density at radius 1 is 0.561 bits per heavy atom. The zero-order chi connectivity index (χ0) is 29.7. The Morgan fingerprint density at radius 2 is 0.976 bits per heavy atom. The van der Waals surface area contributed by atoms with Crippen LogP contribution in [0.4, 0.5) is 0 Å². The number of hydrogen-bond acceptors (Lipinski definition) is 6. The van der Waals surface area contributed by atoms with Crippen LogP contribution in [0.25, 0.3) is 0 Å². The summed E-state index contributed by atoms with van der Waals surface area (Å²) in [6.45, 7) is 7.24. The first kappa shape index (κ1) is 35.9. The van der Waals surface area contributed by atoms with Crippen LogP contribution in [-0.2, 0) is 9.05 Å². The Kier molecular flexibility index (Phi) is 18.8. The Bertz CT molecular complexity index is 840. The van der Waals surface area contributed by atoms with Gasteiger partial charge >= 0.3 is 238 Å². The van der Waals surface area contributed by atoms with Crippen LogP contribution in [0.2, 0.25) is 0 Å². The molecule has 0 aromatic heterocycles. The molecular weight excluding hydrogens is 554 g/mol. The van der Waals surface area contributed by atoms with Gasteiger partial charge in [-0.05, 0) is 0 Å². The van der Waals surface area contributed by atoms with E-state index in [9.17, 15) is 9.79 Å². The second-order valence-electron chi connectivity index (χ2n) is 11.5. The fourth-order valence-electron chi connectivity index (χ4n) is 4.70. The standard InChI is InChI=1S/C33H58O6P2/c1-4-5-6-7-8-9-10-11-12-13-22-29-36-40(34,35)41(38-32-25-18-14-19-26-32,39-33-27-20-15-21-28-33)37-30-23-16-17-24-31(2)3/h14-15,18-21,25-28,31,34-35,40-41H,4-13,16-17,22-24,29-30H2,1-3H3. The van der Waals surface area contributed by atoms with Gasteiger partial charge in [0.2, 0.25) is 0 Å². The Balaban J connectivity index is 1.99. The van der Waals surface area contributed by atoms with Crippen molar-refractivity contribution in [3.63, 3.8) is 0 Å². The van der Waals surface area contributed by atoms with Gasteiger partial charge in [-0.25, -0.2) is 0 Å². The SMILES string of the molecule is CCCCCCCCCCCCCO[PH](O)(O)[PH](OCCCCCC(C)C)(Oc1ccccc1)Oc1ccccc1. The molecule has 0 aliphatic rings. The molecule has 8 heteroatoms. The molecule has 0 unspecified atom stereocenters. The third-order valence-corrected chi connectivity index (χ3v) is 14.0. The zero-order valence-corrected chi connectivity index (χ0v) is 27.9. The van der Waals surface area contributed by atoms with E-state index in [0.29, 0.717) is 24.0 Å². The Labute approximate surface area is 251 Å². The second kappa shape index (κ2) is 21.4. The van der Waals surface area contributed by atoms with Crippen LogP contribution in [-0.4, -0.2) is 23.0 Å². The third-order valence-electron chi connectivity index (χ3n) is 7.16. The molecule has 0 fully saturated rings. The molecule has 0 amide bonds. The van der Waals surface area contributed by atoms with E-state index >= 15 is 0 Å². The molecule has 0 heterocycles. The molecule has 0 aliphatic carbocycles. The van der Waals surface area contributed by atoms with Gasteiger partial charge < -0.3 is 0 Å². The molecule has 0 saturated heterocycles. The zero-order valence-electron chi connectivity index (χ0n) is 25.9. The average Bonchev–Trinajstić information content (AvgIpc) is 2.96. The molecular formula is C33H58O6P2. The Morgan fingerprint density at radius 3 is 1.44 bits per heavy atom. The van der Waals surface area contributed by atoms with Gasteiger partial charge in [-0.2, -0.15) is 0 Å². The van der Waals surface area contributed by atoms with Crippen molar-refractivity contribution in [1.82, 2.24) is 0 Å². The number of para-hydroxylation sites is 2. The van der Waals surface area contributed by atoms with Gasteiger partial charge in [-0.15, -0.1) is 0 Å². The van der Waals surface area contributed by atoms with Crippen molar-refractivity contribution in [2.45, 2.75) is 117 Å². The first-order valence-corrected chi connectivity index (χ1v) is 20.6. The predicted octanol–water partition coefficient (Wildman–Crippen LogP) is 10.6. The maximum absolute atomic E-state index is 11.5. The van der Waals surface area contributed by atoms with Crippen LogP contribution < -0.4 is 9.05 Å². The summed E-state index contributed by atoms with van der Waals surface area (Å²) in [7, 11) is -8.72. The van der Waals surface area contributed by atoms with Gasteiger partial charge in [-0.3, -0.25) is 0 Å². The molecule has 2 aromatic carbocycles.